The first-order chi connectivity index (χ1) is 26.9. The van der Waals surface area contributed by atoms with Gasteiger partial charge >= 0.3 is 11.9 Å². The van der Waals surface area contributed by atoms with Crippen LogP contribution in [-0.2, 0) is 38.8 Å². The average molecular weight is 808 g/mol. The van der Waals surface area contributed by atoms with Crippen LogP contribution in [0.15, 0.2) is 87.8 Å². The Bertz CT molecular complexity index is 2570. The number of esters is 2. The topological polar surface area (TPSA) is 109 Å². The van der Waals surface area contributed by atoms with E-state index in [-0.39, 0.29) is 33.8 Å². The molecule has 0 amide bonds. The van der Waals surface area contributed by atoms with Crippen molar-refractivity contribution in [2.75, 3.05) is 14.2 Å². The van der Waals surface area contributed by atoms with Crippen LogP contribution in [0.3, 0.4) is 0 Å². The molecule has 2 aromatic carbocycles. The minimum absolute atomic E-state index is 0. The number of fused-ring (bicyclic) bond motifs is 7. The number of aromatic amines is 2. The van der Waals surface area contributed by atoms with E-state index in [0.29, 0.717) is 11.1 Å². The number of hydrogen-bond acceptors (Lipinski definition) is 6. The minimum atomic E-state index is -0.370. The molecule has 57 heavy (non-hydrogen) atoms. The van der Waals surface area contributed by atoms with Crippen molar-refractivity contribution < 1.29 is 35.6 Å². The number of carbonyl (C=O) groups is 2. The Morgan fingerprint density at radius 3 is 1.79 bits per heavy atom. The molecule has 8 nitrogen and oxygen atoms in total. The summed E-state index contributed by atoms with van der Waals surface area (Å²) in [5.41, 5.74) is 17.9. The van der Waals surface area contributed by atoms with Crippen LogP contribution < -0.4 is 16.0 Å². The molecule has 4 aromatic rings. The van der Waals surface area contributed by atoms with Crippen molar-refractivity contribution in [1.29, 1.82) is 0 Å². The molecule has 8 bridgehead atoms. The van der Waals surface area contributed by atoms with E-state index in [4.69, 9.17) is 14.5 Å². The zero-order valence-corrected chi connectivity index (χ0v) is 35.6. The number of allylic oxidation sites excluding steroid dienone is 4. The van der Waals surface area contributed by atoms with E-state index in [1.54, 1.807) is 0 Å². The van der Waals surface area contributed by atoms with Gasteiger partial charge in [0.2, 0.25) is 0 Å². The van der Waals surface area contributed by atoms with Gasteiger partial charge in [0.1, 0.15) is 0 Å². The fourth-order valence-corrected chi connectivity index (χ4v) is 9.10. The molecular formula is C48H52N4NiO4. The Labute approximate surface area is 345 Å². The fourth-order valence-electron chi connectivity index (χ4n) is 9.10. The zero-order valence-electron chi connectivity index (χ0n) is 34.6. The van der Waals surface area contributed by atoms with E-state index in [1.165, 1.54) is 42.0 Å². The molecule has 9 heteroatoms. The first-order valence-corrected chi connectivity index (χ1v) is 19.7. The summed E-state index contributed by atoms with van der Waals surface area (Å²) in [4.78, 5) is 38.1. The Hall–Kier alpha value is -5.40. The van der Waals surface area contributed by atoms with Crippen LogP contribution in [0.1, 0.15) is 120 Å². The van der Waals surface area contributed by atoms with Gasteiger partial charge in [0.15, 0.2) is 0 Å². The van der Waals surface area contributed by atoms with Crippen molar-refractivity contribution in [2.24, 2.45) is 10.4 Å². The SMILES string of the molecule is CCc1c2[nH]c(c1C)/C(c1ccc(C(=O)OC)cc1)=C1N=C(C=C\1C)/C=c1\[nH]/c(c(C)c1CC)=C(/c1ccc(C(=O)OC)cc1)C1=C(C)C(CC)(CC)C(=C2)N1.[Ni]. The summed E-state index contributed by atoms with van der Waals surface area (Å²) in [6, 6.07) is 15.4. The molecule has 0 atom stereocenters. The number of aliphatic imine (C=N–C) groups is 1. The van der Waals surface area contributed by atoms with E-state index >= 15 is 0 Å². The molecule has 0 fully saturated rings. The summed E-state index contributed by atoms with van der Waals surface area (Å²) in [5, 5.41) is 6.06. The molecule has 0 spiro atoms. The number of methoxy groups -OCH3 is 2. The molecular weight excluding hydrogens is 755 g/mol. The number of ether oxygens (including phenoxy) is 2. The summed E-state index contributed by atoms with van der Waals surface area (Å²) < 4.78 is 10.1. The molecule has 0 radical (unpaired) electrons. The Kier molecular flexibility index (Phi) is 11.7. The second-order valence-corrected chi connectivity index (χ2v) is 15.0. The van der Waals surface area contributed by atoms with Crippen molar-refractivity contribution in [2.45, 2.75) is 81.1 Å². The predicted molar refractivity (Wildman–Crippen MR) is 226 cm³/mol. The van der Waals surface area contributed by atoms with E-state index < -0.39 is 0 Å². The summed E-state index contributed by atoms with van der Waals surface area (Å²) in [7, 11) is 2.81. The van der Waals surface area contributed by atoms with Crippen LogP contribution in [0.5, 0.6) is 0 Å². The van der Waals surface area contributed by atoms with Gasteiger partial charge in [0, 0.05) is 55.5 Å². The molecule has 3 aliphatic rings. The van der Waals surface area contributed by atoms with Crippen molar-refractivity contribution >= 4 is 40.9 Å². The molecule has 2 aromatic heterocycles. The molecule has 3 N–H and O–H groups in total. The number of H-pyrrole nitrogens is 2. The van der Waals surface area contributed by atoms with Gasteiger partial charge in [-0.05, 0) is 140 Å². The number of nitrogens with one attached hydrogen (secondary N) is 3. The van der Waals surface area contributed by atoms with Gasteiger partial charge in [-0.25, -0.2) is 14.6 Å². The van der Waals surface area contributed by atoms with Crippen molar-refractivity contribution in [3.05, 3.63) is 149 Å². The first kappa shape index (κ1) is 41.2. The Morgan fingerprint density at radius 1 is 0.702 bits per heavy atom. The number of benzene rings is 2. The van der Waals surface area contributed by atoms with E-state index in [9.17, 15) is 9.59 Å². The Morgan fingerprint density at radius 2 is 1.26 bits per heavy atom. The van der Waals surface area contributed by atoms with Crippen LogP contribution in [0.4, 0.5) is 0 Å². The van der Waals surface area contributed by atoms with Crippen LogP contribution in [-0.4, -0.2) is 41.8 Å². The predicted octanol–water partition coefficient (Wildman–Crippen LogP) is 8.53. The number of nitrogens with zero attached hydrogens (tertiary/aromatic N) is 1. The first-order valence-electron chi connectivity index (χ1n) is 19.7. The second kappa shape index (κ2) is 16.2. The van der Waals surface area contributed by atoms with Crippen molar-refractivity contribution in [3.8, 4) is 0 Å². The van der Waals surface area contributed by atoms with Gasteiger partial charge in [-0.2, -0.15) is 0 Å². The zero-order chi connectivity index (χ0) is 40.1. The molecule has 0 aliphatic carbocycles. The van der Waals surface area contributed by atoms with Crippen LogP contribution in [0.25, 0.3) is 23.3 Å². The number of rotatable bonds is 8. The van der Waals surface area contributed by atoms with E-state index in [1.807, 2.05) is 48.5 Å². The molecule has 5 heterocycles. The molecule has 0 saturated heterocycles. The number of hydrogen-bond donors (Lipinski definition) is 3. The van der Waals surface area contributed by atoms with Gasteiger partial charge < -0.3 is 24.8 Å². The van der Waals surface area contributed by atoms with Gasteiger partial charge in [-0.3, -0.25) is 0 Å². The van der Waals surface area contributed by atoms with Crippen LogP contribution in [0, 0.1) is 19.3 Å². The number of aromatic nitrogens is 2. The van der Waals surface area contributed by atoms with Gasteiger partial charge in [-0.15, -0.1) is 0 Å². The third kappa shape index (κ3) is 6.80. The molecule has 0 saturated carbocycles. The smallest absolute Gasteiger partial charge is 0.337 e. The normalized spacial score (nSPS) is 18.5. The molecule has 298 valence electrons. The molecule has 7 rings (SSSR count). The average Bonchev–Trinajstić information content (AvgIpc) is 3.91. The maximum atomic E-state index is 12.5. The van der Waals surface area contributed by atoms with E-state index in [0.717, 1.165) is 98.4 Å². The standard InChI is InChI=1S/C48H52N4O4.Ni/c1-11-35-27(6)44-41(31-17-21-33(22-18-31)47(54)56-10)45-29(8)48(13-3,14-4)39(52-45)25-38-36(12-2)28(7)43(51-38)40(30-15-19-32(20-16-30)46(53)55-9)42-26(5)23-34(49-42)24-37(35)50-44;/h15-25,50-52H,11-14H2,1-10H3;/b37-24-,39-25?,42-40-,44-41-;. The third-order valence-corrected chi connectivity index (χ3v) is 12.3. The minimum Gasteiger partial charge on any atom is -0.465 e. The Balaban J connectivity index is 0.00000549. The van der Waals surface area contributed by atoms with Crippen LogP contribution in [0.2, 0.25) is 0 Å². The fraction of sp³-hybridized carbons (Fsp3) is 0.312. The van der Waals surface area contributed by atoms with Crippen LogP contribution >= 0.6 is 0 Å². The van der Waals surface area contributed by atoms with Gasteiger partial charge in [0.05, 0.1) is 47.8 Å². The summed E-state index contributed by atoms with van der Waals surface area (Å²) in [6.45, 7) is 17.7. The second-order valence-electron chi connectivity index (χ2n) is 15.0. The largest absolute Gasteiger partial charge is 0.465 e. The van der Waals surface area contributed by atoms with Crippen molar-refractivity contribution in [1.82, 2.24) is 15.3 Å². The van der Waals surface area contributed by atoms with Crippen molar-refractivity contribution in [3.63, 3.8) is 0 Å². The maximum Gasteiger partial charge on any atom is 0.337 e. The maximum absolute atomic E-state index is 12.5. The quantitative estimate of drug-likeness (QED) is 0.122. The molecule has 3 aliphatic heterocycles. The summed E-state index contributed by atoms with van der Waals surface area (Å²) in [6.07, 6.45) is 10.1. The monoisotopic (exact) mass is 806 g/mol. The summed E-state index contributed by atoms with van der Waals surface area (Å²) in [5.74, 6) is -0.731. The van der Waals surface area contributed by atoms with Gasteiger partial charge in [0.25, 0.3) is 0 Å². The van der Waals surface area contributed by atoms with E-state index in [2.05, 4.69) is 88.9 Å². The summed E-state index contributed by atoms with van der Waals surface area (Å²) >= 11 is 0. The molecule has 0 unspecified atom stereocenters. The van der Waals surface area contributed by atoms with Gasteiger partial charge in [-0.1, -0.05) is 52.0 Å². The third-order valence-electron chi connectivity index (χ3n) is 12.3. The number of carbonyl (C=O) groups excluding carboxylic acids is 2.